The first-order valence-corrected chi connectivity index (χ1v) is 5.00. The van der Waals surface area contributed by atoms with Crippen LogP contribution in [0.3, 0.4) is 0 Å². The fourth-order valence-corrected chi connectivity index (χ4v) is 1.62. The summed E-state index contributed by atoms with van der Waals surface area (Å²) in [6, 6.07) is 0. The van der Waals surface area contributed by atoms with Crippen LogP contribution in [0.1, 0.15) is 9.30 Å². The van der Waals surface area contributed by atoms with Crippen LogP contribution < -0.4 is 0 Å². The average Bonchev–Trinajstić information content (AvgIpc) is 2.11. The molecule has 0 nitrogen and oxygen atoms in total. The lowest BCUT2D eigenvalue weighted by Gasteiger charge is -2.08. The highest BCUT2D eigenvalue weighted by atomic mass is 79.9. The van der Waals surface area contributed by atoms with E-state index < -0.39 is 38.4 Å². The molecule has 78 valence electrons. The van der Waals surface area contributed by atoms with E-state index in [2.05, 4.69) is 31.9 Å². The van der Waals surface area contributed by atoms with Crippen molar-refractivity contribution in [1.29, 1.82) is 0 Å². The molecule has 0 heterocycles. The minimum Gasteiger partial charge on any atom is -0.203 e. The van der Waals surface area contributed by atoms with Gasteiger partial charge >= 0.3 is 0 Å². The van der Waals surface area contributed by atoms with E-state index in [-0.39, 0.29) is 0 Å². The average molecular weight is 340 g/mol. The van der Waals surface area contributed by atoms with E-state index in [4.69, 9.17) is 0 Å². The summed E-state index contributed by atoms with van der Waals surface area (Å²) in [4.78, 5) is 0. The van der Waals surface area contributed by atoms with Crippen molar-refractivity contribution in [1.82, 2.24) is 0 Å². The van der Waals surface area contributed by atoms with Crippen LogP contribution in [0.15, 0.2) is 0 Å². The molecule has 0 spiro atoms. The van der Waals surface area contributed by atoms with Crippen LogP contribution in [0.2, 0.25) is 0 Å². The Bertz CT molecular complexity index is 348. The Morgan fingerprint density at radius 1 is 0.643 bits per heavy atom. The Balaban J connectivity index is 3.60. The predicted molar refractivity (Wildman–Crippen MR) is 46.8 cm³/mol. The second-order valence-electron chi connectivity index (χ2n) is 2.28. The molecule has 0 fully saturated rings. The van der Waals surface area contributed by atoms with Gasteiger partial charge in [0.05, 0.1) is 5.56 Å². The minimum atomic E-state index is -2.16. The summed E-state index contributed by atoms with van der Waals surface area (Å²) in [5.74, 6) is -9.77. The highest BCUT2D eigenvalue weighted by Crippen LogP contribution is 2.35. The third-order valence-corrected chi connectivity index (χ3v) is 2.38. The van der Waals surface area contributed by atoms with Crippen molar-refractivity contribution < 1.29 is 22.0 Å². The molecule has 1 rings (SSSR count). The molecular formula is C7HBr2F5. The highest BCUT2D eigenvalue weighted by molar-refractivity contribution is 9.24. The van der Waals surface area contributed by atoms with Crippen LogP contribution in [0.4, 0.5) is 22.0 Å². The first-order chi connectivity index (χ1) is 6.37. The lowest BCUT2D eigenvalue weighted by atomic mass is 10.2. The Morgan fingerprint density at radius 2 is 0.929 bits per heavy atom. The fourth-order valence-electron chi connectivity index (χ4n) is 0.813. The monoisotopic (exact) mass is 338 g/mol. The molecule has 0 unspecified atom stereocenters. The molecule has 0 bridgehead atoms. The third-order valence-electron chi connectivity index (χ3n) is 1.46. The number of benzene rings is 1. The third kappa shape index (κ3) is 1.79. The van der Waals surface area contributed by atoms with Crippen LogP contribution in [-0.4, -0.2) is 0 Å². The van der Waals surface area contributed by atoms with Crippen molar-refractivity contribution in [3.8, 4) is 0 Å². The van der Waals surface area contributed by atoms with Crippen molar-refractivity contribution >= 4 is 31.9 Å². The van der Waals surface area contributed by atoms with Crippen molar-refractivity contribution in [3.63, 3.8) is 0 Å². The topological polar surface area (TPSA) is 0 Å². The van der Waals surface area contributed by atoms with Crippen molar-refractivity contribution in [2.75, 3.05) is 0 Å². The first-order valence-electron chi connectivity index (χ1n) is 3.17. The molecule has 14 heavy (non-hydrogen) atoms. The van der Waals surface area contributed by atoms with E-state index in [0.29, 0.717) is 0 Å². The number of hydrogen-bond donors (Lipinski definition) is 0. The van der Waals surface area contributed by atoms with Gasteiger partial charge in [-0.05, 0) is 0 Å². The van der Waals surface area contributed by atoms with Crippen LogP contribution in [0, 0.1) is 29.1 Å². The second-order valence-corrected chi connectivity index (χ2v) is 5.34. The standard InChI is InChI=1S/C7HBr2F5/c8-7(9)1-2(10)4(12)6(14)5(13)3(1)11/h7H. The summed E-state index contributed by atoms with van der Waals surface area (Å²) in [6.45, 7) is 0. The van der Waals surface area contributed by atoms with Gasteiger partial charge in [-0.25, -0.2) is 22.0 Å². The quantitative estimate of drug-likeness (QED) is 0.312. The summed E-state index contributed by atoms with van der Waals surface area (Å²) >= 11 is 5.32. The Labute approximate surface area is 92.4 Å². The molecule has 0 saturated heterocycles. The number of alkyl halides is 2. The van der Waals surface area contributed by atoms with Gasteiger partial charge in [0.25, 0.3) is 0 Å². The van der Waals surface area contributed by atoms with Crippen molar-refractivity contribution in [2.24, 2.45) is 0 Å². The largest absolute Gasteiger partial charge is 0.203 e. The maximum Gasteiger partial charge on any atom is 0.200 e. The molecular weight excluding hydrogens is 339 g/mol. The molecule has 0 aliphatic rings. The molecule has 1 aromatic carbocycles. The van der Waals surface area contributed by atoms with Gasteiger partial charge in [-0.15, -0.1) is 0 Å². The van der Waals surface area contributed by atoms with E-state index in [1.165, 1.54) is 0 Å². The summed E-state index contributed by atoms with van der Waals surface area (Å²) < 4.78 is 62.2. The zero-order chi connectivity index (χ0) is 11.0. The molecule has 0 saturated carbocycles. The van der Waals surface area contributed by atoms with Crippen molar-refractivity contribution in [2.45, 2.75) is 3.74 Å². The van der Waals surface area contributed by atoms with E-state index in [9.17, 15) is 22.0 Å². The number of rotatable bonds is 1. The van der Waals surface area contributed by atoms with Gasteiger partial charge < -0.3 is 0 Å². The van der Waals surface area contributed by atoms with Gasteiger partial charge in [-0.1, -0.05) is 31.9 Å². The van der Waals surface area contributed by atoms with E-state index in [0.717, 1.165) is 0 Å². The van der Waals surface area contributed by atoms with Gasteiger partial charge in [0.2, 0.25) is 5.82 Å². The molecule has 0 amide bonds. The van der Waals surface area contributed by atoms with Crippen LogP contribution in [-0.2, 0) is 0 Å². The fraction of sp³-hybridized carbons (Fsp3) is 0.143. The molecule has 1 aromatic rings. The Morgan fingerprint density at radius 3 is 1.21 bits per heavy atom. The van der Waals surface area contributed by atoms with E-state index >= 15 is 0 Å². The molecule has 0 radical (unpaired) electrons. The van der Waals surface area contributed by atoms with Crippen LogP contribution in [0.5, 0.6) is 0 Å². The Kier molecular flexibility index (Phi) is 3.52. The summed E-state index contributed by atoms with van der Waals surface area (Å²) in [5.41, 5.74) is -0.943. The lowest BCUT2D eigenvalue weighted by molar-refractivity contribution is 0.372. The second kappa shape index (κ2) is 4.14. The molecule has 7 heteroatoms. The molecule has 0 aliphatic heterocycles. The zero-order valence-corrected chi connectivity index (χ0v) is 9.40. The van der Waals surface area contributed by atoms with Crippen LogP contribution in [0.25, 0.3) is 0 Å². The molecule has 0 atom stereocenters. The lowest BCUT2D eigenvalue weighted by Crippen LogP contribution is -2.06. The minimum absolute atomic E-state index is 0.943. The maximum atomic E-state index is 12.9. The summed E-state index contributed by atoms with van der Waals surface area (Å²) in [5, 5.41) is 0. The summed E-state index contributed by atoms with van der Waals surface area (Å²) in [7, 11) is 0. The predicted octanol–water partition coefficient (Wildman–Crippen LogP) is 4.17. The highest BCUT2D eigenvalue weighted by Gasteiger charge is 2.28. The Hall–Kier alpha value is -0.170. The van der Waals surface area contributed by atoms with Gasteiger partial charge in [-0.3, -0.25) is 0 Å². The van der Waals surface area contributed by atoms with Gasteiger partial charge in [0.1, 0.15) is 3.74 Å². The van der Waals surface area contributed by atoms with E-state index in [1.54, 1.807) is 0 Å². The van der Waals surface area contributed by atoms with Crippen LogP contribution >= 0.6 is 31.9 Å². The molecule has 0 aliphatic carbocycles. The zero-order valence-electron chi connectivity index (χ0n) is 6.22. The SMILES string of the molecule is Fc1c(F)c(F)c(C(Br)Br)c(F)c1F. The van der Waals surface area contributed by atoms with E-state index in [1.807, 2.05) is 0 Å². The maximum absolute atomic E-state index is 12.9. The normalized spacial score (nSPS) is 11.1. The van der Waals surface area contributed by atoms with Gasteiger partial charge in [0, 0.05) is 0 Å². The smallest absolute Gasteiger partial charge is 0.200 e. The molecule has 0 aromatic heterocycles. The van der Waals surface area contributed by atoms with Gasteiger partial charge in [0.15, 0.2) is 23.3 Å². The molecule has 0 N–H and O–H groups in total. The first kappa shape index (κ1) is 11.9. The summed E-state index contributed by atoms with van der Waals surface area (Å²) in [6.07, 6.45) is 0. The number of halogens is 7. The number of hydrogen-bond acceptors (Lipinski definition) is 0. The van der Waals surface area contributed by atoms with Crippen molar-refractivity contribution in [3.05, 3.63) is 34.6 Å². The van der Waals surface area contributed by atoms with Gasteiger partial charge in [-0.2, -0.15) is 0 Å².